The van der Waals surface area contributed by atoms with Crippen LogP contribution in [-0.4, -0.2) is 44.3 Å². The summed E-state index contributed by atoms with van der Waals surface area (Å²) in [6.45, 7) is 8.48. The molecule has 1 fully saturated rings. The van der Waals surface area contributed by atoms with Gasteiger partial charge in [-0.2, -0.15) is 0 Å². The van der Waals surface area contributed by atoms with Crippen LogP contribution in [-0.2, 0) is 11.2 Å². The van der Waals surface area contributed by atoms with Gasteiger partial charge in [0.15, 0.2) is 0 Å². The monoisotopic (exact) mass is 276 g/mol. The Bertz CT molecular complexity index is 390. The van der Waals surface area contributed by atoms with Crippen molar-refractivity contribution in [3.05, 3.63) is 35.4 Å². The van der Waals surface area contributed by atoms with Gasteiger partial charge in [0.25, 0.3) is 0 Å². The zero-order valence-electron chi connectivity index (χ0n) is 13.1. The van der Waals surface area contributed by atoms with Gasteiger partial charge in [0.05, 0.1) is 6.10 Å². The molecule has 1 aromatic carbocycles. The van der Waals surface area contributed by atoms with E-state index in [1.54, 1.807) is 0 Å². The molecule has 0 bridgehead atoms. The molecular weight excluding hydrogens is 248 g/mol. The molecule has 2 rings (SSSR count). The number of hydrogen-bond acceptors (Lipinski definition) is 3. The van der Waals surface area contributed by atoms with Crippen LogP contribution in [0.15, 0.2) is 24.3 Å². The minimum absolute atomic E-state index is 0.345. The number of rotatable bonds is 5. The van der Waals surface area contributed by atoms with Gasteiger partial charge in [0, 0.05) is 32.3 Å². The van der Waals surface area contributed by atoms with Crippen LogP contribution in [0.4, 0.5) is 0 Å². The van der Waals surface area contributed by atoms with Crippen LogP contribution in [0.2, 0.25) is 0 Å². The molecule has 1 aliphatic rings. The van der Waals surface area contributed by atoms with Crippen molar-refractivity contribution in [1.82, 2.24) is 10.2 Å². The van der Waals surface area contributed by atoms with Crippen molar-refractivity contribution in [2.75, 3.05) is 33.3 Å². The van der Waals surface area contributed by atoms with E-state index in [1.165, 1.54) is 11.1 Å². The molecule has 20 heavy (non-hydrogen) atoms. The Balaban J connectivity index is 1.99. The molecule has 1 heterocycles. The number of likely N-dealkylation sites (N-methyl/N-ethyl adjacent to an activating group) is 1. The number of nitrogens with one attached hydrogen (secondary N) is 1. The molecule has 3 heteroatoms. The molecule has 0 aromatic heterocycles. The maximum Gasteiger partial charge on any atom is 0.0673 e. The van der Waals surface area contributed by atoms with Crippen LogP contribution < -0.4 is 5.32 Å². The molecule has 1 saturated heterocycles. The van der Waals surface area contributed by atoms with Crippen LogP contribution in [0.5, 0.6) is 0 Å². The smallest absolute Gasteiger partial charge is 0.0673 e. The number of hydrogen-bond donors (Lipinski definition) is 1. The van der Waals surface area contributed by atoms with E-state index >= 15 is 0 Å². The molecule has 1 N–H and O–H groups in total. The highest BCUT2D eigenvalue weighted by atomic mass is 16.5. The summed E-state index contributed by atoms with van der Waals surface area (Å²) in [5.41, 5.74) is 2.78. The molecule has 1 aliphatic heterocycles. The summed E-state index contributed by atoms with van der Waals surface area (Å²) in [7, 11) is 2.05. The highest BCUT2D eigenvalue weighted by molar-refractivity contribution is 5.25. The van der Waals surface area contributed by atoms with E-state index in [2.05, 4.69) is 55.4 Å². The van der Waals surface area contributed by atoms with Gasteiger partial charge in [0.1, 0.15) is 0 Å². The molecule has 112 valence electrons. The SMILES string of the molecule is CCc1ccc(C(CN2CCCOC(C)C2)NC)cc1. The van der Waals surface area contributed by atoms with Gasteiger partial charge in [-0.25, -0.2) is 0 Å². The van der Waals surface area contributed by atoms with E-state index in [0.717, 1.165) is 39.1 Å². The summed E-state index contributed by atoms with van der Waals surface area (Å²) >= 11 is 0. The van der Waals surface area contributed by atoms with Crippen LogP contribution in [0, 0.1) is 0 Å². The van der Waals surface area contributed by atoms with E-state index in [9.17, 15) is 0 Å². The van der Waals surface area contributed by atoms with Gasteiger partial charge in [-0.05, 0) is 37.9 Å². The second-order valence-electron chi connectivity index (χ2n) is 5.73. The van der Waals surface area contributed by atoms with Crippen LogP contribution >= 0.6 is 0 Å². The minimum atomic E-state index is 0.345. The zero-order chi connectivity index (χ0) is 14.4. The van der Waals surface area contributed by atoms with Gasteiger partial charge in [-0.15, -0.1) is 0 Å². The Kier molecular flexibility index (Phi) is 6.02. The van der Waals surface area contributed by atoms with Gasteiger partial charge in [-0.1, -0.05) is 31.2 Å². The number of benzene rings is 1. The van der Waals surface area contributed by atoms with Gasteiger partial charge >= 0.3 is 0 Å². The quantitative estimate of drug-likeness (QED) is 0.895. The van der Waals surface area contributed by atoms with Gasteiger partial charge in [0.2, 0.25) is 0 Å². The molecule has 2 atom stereocenters. The highest BCUT2D eigenvalue weighted by Crippen LogP contribution is 2.17. The molecule has 1 aromatic rings. The normalized spacial score (nSPS) is 22.4. The van der Waals surface area contributed by atoms with Crippen LogP contribution in [0.25, 0.3) is 0 Å². The highest BCUT2D eigenvalue weighted by Gasteiger charge is 2.19. The maximum atomic E-state index is 5.72. The summed E-state index contributed by atoms with van der Waals surface area (Å²) in [5.74, 6) is 0. The Labute approximate surface area is 123 Å². The predicted molar refractivity (Wildman–Crippen MR) is 84.1 cm³/mol. The third-order valence-electron chi connectivity index (χ3n) is 4.12. The topological polar surface area (TPSA) is 24.5 Å². The average molecular weight is 276 g/mol. The fraction of sp³-hybridized carbons (Fsp3) is 0.647. The van der Waals surface area contributed by atoms with Crippen LogP contribution in [0.1, 0.15) is 37.4 Å². The number of ether oxygens (including phenoxy) is 1. The van der Waals surface area contributed by atoms with Crippen molar-refractivity contribution < 1.29 is 4.74 Å². The first-order chi connectivity index (χ1) is 9.72. The molecule has 0 saturated carbocycles. The lowest BCUT2D eigenvalue weighted by Gasteiger charge is -2.27. The minimum Gasteiger partial charge on any atom is -0.377 e. The molecule has 2 unspecified atom stereocenters. The molecular formula is C17H28N2O. The van der Waals surface area contributed by atoms with E-state index in [0.29, 0.717) is 12.1 Å². The third kappa shape index (κ3) is 4.30. The number of aryl methyl sites for hydroxylation is 1. The van der Waals surface area contributed by atoms with E-state index in [4.69, 9.17) is 4.74 Å². The van der Waals surface area contributed by atoms with Crippen molar-refractivity contribution in [1.29, 1.82) is 0 Å². The molecule has 0 aliphatic carbocycles. The summed E-state index contributed by atoms with van der Waals surface area (Å²) in [6, 6.07) is 9.41. The lowest BCUT2D eigenvalue weighted by Crippen LogP contribution is -2.37. The summed E-state index contributed by atoms with van der Waals surface area (Å²) in [4.78, 5) is 2.52. The average Bonchev–Trinajstić information content (AvgIpc) is 2.69. The van der Waals surface area contributed by atoms with Crippen molar-refractivity contribution in [3.8, 4) is 0 Å². The van der Waals surface area contributed by atoms with Crippen molar-refractivity contribution in [2.24, 2.45) is 0 Å². The fourth-order valence-electron chi connectivity index (χ4n) is 2.85. The largest absolute Gasteiger partial charge is 0.377 e. The molecule has 0 radical (unpaired) electrons. The lowest BCUT2D eigenvalue weighted by atomic mass is 10.0. The molecule has 0 amide bonds. The summed E-state index contributed by atoms with van der Waals surface area (Å²) in [5, 5.41) is 3.46. The second-order valence-corrected chi connectivity index (χ2v) is 5.73. The Hall–Kier alpha value is -0.900. The van der Waals surface area contributed by atoms with Gasteiger partial charge < -0.3 is 10.1 Å². The molecule has 0 spiro atoms. The fourth-order valence-corrected chi connectivity index (χ4v) is 2.85. The predicted octanol–water partition coefficient (Wildman–Crippen LogP) is 2.62. The third-order valence-corrected chi connectivity index (χ3v) is 4.12. The first-order valence-electron chi connectivity index (χ1n) is 7.83. The van der Waals surface area contributed by atoms with Crippen molar-refractivity contribution in [2.45, 2.75) is 38.8 Å². The van der Waals surface area contributed by atoms with E-state index in [-0.39, 0.29) is 0 Å². The first kappa shape index (κ1) is 15.5. The van der Waals surface area contributed by atoms with Crippen molar-refractivity contribution >= 4 is 0 Å². The Morgan fingerprint density at radius 1 is 1.35 bits per heavy atom. The van der Waals surface area contributed by atoms with Crippen LogP contribution in [0.3, 0.4) is 0 Å². The molecule has 3 nitrogen and oxygen atoms in total. The summed E-state index contributed by atoms with van der Waals surface area (Å²) < 4.78 is 5.72. The Morgan fingerprint density at radius 2 is 2.10 bits per heavy atom. The summed E-state index contributed by atoms with van der Waals surface area (Å²) in [6.07, 6.45) is 2.58. The second kappa shape index (κ2) is 7.77. The first-order valence-corrected chi connectivity index (χ1v) is 7.83. The Morgan fingerprint density at radius 3 is 2.75 bits per heavy atom. The van der Waals surface area contributed by atoms with E-state index < -0.39 is 0 Å². The number of nitrogens with zero attached hydrogens (tertiary/aromatic N) is 1. The van der Waals surface area contributed by atoms with E-state index in [1.807, 2.05) is 0 Å². The standard InChI is InChI=1S/C17H28N2O/c1-4-15-6-8-16(9-7-15)17(18-3)13-19-10-5-11-20-14(2)12-19/h6-9,14,17-18H,4-5,10-13H2,1-3H3. The lowest BCUT2D eigenvalue weighted by molar-refractivity contribution is 0.0665. The zero-order valence-corrected chi connectivity index (χ0v) is 13.1. The van der Waals surface area contributed by atoms with Gasteiger partial charge in [-0.3, -0.25) is 4.90 Å². The maximum absolute atomic E-state index is 5.72. The van der Waals surface area contributed by atoms with Crippen molar-refractivity contribution in [3.63, 3.8) is 0 Å².